The molecular weight excluding hydrogens is 248 g/mol. The zero-order chi connectivity index (χ0) is 14.2. The first-order valence-corrected chi connectivity index (χ1v) is 6.70. The molecule has 0 unspecified atom stereocenters. The Morgan fingerprint density at radius 3 is 2.42 bits per heavy atom. The van der Waals surface area contributed by atoms with Crippen molar-refractivity contribution in [1.29, 1.82) is 0 Å². The molecule has 1 saturated heterocycles. The van der Waals surface area contributed by atoms with Gasteiger partial charge in [-0.2, -0.15) is 0 Å². The lowest BCUT2D eigenvalue weighted by atomic mass is 9.88. The van der Waals surface area contributed by atoms with Crippen LogP contribution in [-0.2, 0) is 19.1 Å². The Kier molecular flexibility index (Phi) is 3.62. The lowest BCUT2D eigenvalue weighted by molar-refractivity contribution is -0.182. The van der Waals surface area contributed by atoms with Crippen LogP contribution in [-0.4, -0.2) is 34.5 Å². The van der Waals surface area contributed by atoms with E-state index in [1.807, 2.05) is 6.92 Å². The van der Waals surface area contributed by atoms with E-state index >= 15 is 0 Å². The van der Waals surface area contributed by atoms with Gasteiger partial charge >= 0.3 is 5.97 Å². The van der Waals surface area contributed by atoms with Crippen molar-refractivity contribution < 1.29 is 19.1 Å². The number of imide groups is 1. The molecule has 6 nitrogen and oxygen atoms in total. The second-order valence-electron chi connectivity index (χ2n) is 5.65. The van der Waals surface area contributed by atoms with Crippen LogP contribution in [0.5, 0.6) is 0 Å². The number of hydrogen-bond acceptors (Lipinski definition) is 5. The number of ether oxygens (including phenoxy) is 1. The summed E-state index contributed by atoms with van der Waals surface area (Å²) in [5, 5.41) is 0. The Bertz CT molecular complexity index is 405. The number of nitrogens with zero attached hydrogens (tertiary/aromatic N) is 1. The van der Waals surface area contributed by atoms with Crippen LogP contribution in [0.4, 0.5) is 0 Å². The standard InChI is InChI=1S/C13H20N2O4/c1-8-5-3-4-6-9(8)19-12(18)13(2,14)15-10(16)7-11(15)17/h8-9H,3-7,14H2,1-2H3/t8-,9-,13-/m1/s1. The van der Waals surface area contributed by atoms with Gasteiger partial charge in [0.05, 0.1) is 0 Å². The van der Waals surface area contributed by atoms with Crippen LogP contribution in [0.1, 0.15) is 46.0 Å². The monoisotopic (exact) mass is 268 g/mol. The van der Waals surface area contributed by atoms with E-state index in [1.54, 1.807) is 0 Å². The van der Waals surface area contributed by atoms with Crippen molar-refractivity contribution in [2.75, 3.05) is 0 Å². The molecule has 3 atom stereocenters. The highest BCUT2D eigenvalue weighted by molar-refractivity contribution is 6.17. The zero-order valence-electron chi connectivity index (χ0n) is 11.3. The van der Waals surface area contributed by atoms with Gasteiger partial charge in [0.2, 0.25) is 11.8 Å². The number of carbonyl (C=O) groups is 3. The van der Waals surface area contributed by atoms with Gasteiger partial charge in [-0.3, -0.25) is 20.2 Å². The molecule has 0 aromatic heterocycles. The normalized spacial score (nSPS) is 30.6. The summed E-state index contributed by atoms with van der Waals surface area (Å²) in [7, 11) is 0. The van der Waals surface area contributed by atoms with Gasteiger partial charge in [-0.25, -0.2) is 4.79 Å². The van der Waals surface area contributed by atoms with Crippen molar-refractivity contribution in [3.8, 4) is 0 Å². The van der Waals surface area contributed by atoms with Crippen LogP contribution in [0.15, 0.2) is 0 Å². The molecular formula is C13H20N2O4. The maximum atomic E-state index is 12.1. The first-order valence-electron chi connectivity index (χ1n) is 6.70. The third-order valence-corrected chi connectivity index (χ3v) is 3.97. The largest absolute Gasteiger partial charge is 0.459 e. The van der Waals surface area contributed by atoms with Crippen LogP contribution in [0.3, 0.4) is 0 Å². The molecule has 2 N–H and O–H groups in total. The fraction of sp³-hybridized carbons (Fsp3) is 0.769. The summed E-state index contributed by atoms with van der Waals surface area (Å²) in [6, 6.07) is 0. The van der Waals surface area contributed by atoms with Gasteiger partial charge < -0.3 is 4.74 Å². The molecule has 2 fully saturated rings. The summed E-state index contributed by atoms with van der Waals surface area (Å²) >= 11 is 0. The van der Waals surface area contributed by atoms with Gasteiger partial charge in [0.15, 0.2) is 5.66 Å². The van der Waals surface area contributed by atoms with E-state index in [0.717, 1.165) is 30.6 Å². The van der Waals surface area contributed by atoms with Crippen LogP contribution in [0, 0.1) is 5.92 Å². The SMILES string of the molecule is C[C@@H]1CCCC[C@H]1OC(=O)[C@](C)(N)N1C(=O)CC1=O. The van der Waals surface area contributed by atoms with Crippen LogP contribution < -0.4 is 5.73 Å². The fourth-order valence-electron chi connectivity index (χ4n) is 2.66. The third kappa shape index (κ3) is 2.49. The lowest BCUT2D eigenvalue weighted by Gasteiger charge is -2.41. The van der Waals surface area contributed by atoms with Crippen molar-refractivity contribution in [3.05, 3.63) is 0 Å². The number of β-lactam (4-membered cyclic amide) rings is 2. The van der Waals surface area contributed by atoms with E-state index in [0.29, 0.717) is 0 Å². The van der Waals surface area contributed by atoms with Gasteiger partial charge in [0.1, 0.15) is 12.5 Å². The predicted molar refractivity (Wildman–Crippen MR) is 66.6 cm³/mol. The Morgan fingerprint density at radius 1 is 1.32 bits per heavy atom. The van der Waals surface area contributed by atoms with E-state index in [9.17, 15) is 14.4 Å². The molecule has 1 heterocycles. The average Bonchev–Trinajstić information content (AvgIpc) is 2.30. The summed E-state index contributed by atoms with van der Waals surface area (Å²) in [5.41, 5.74) is 4.13. The number of likely N-dealkylation sites (tertiary alicyclic amines) is 1. The summed E-state index contributed by atoms with van der Waals surface area (Å²) in [6.07, 6.45) is 3.63. The average molecular weight is 268 g/mol. The number of esters is 1. The van der Waals surface area contributed by atoms with Gasteiger partial charge in [0.25, 0.3) is 0 Å². The highest BCUT2D eigenvalue weighted by Crippen LogP contribution is 2.29. The molecule has 19 heavy (non-hydrogen) atoms. The molecule has 0 spiro atoms. The number of amides is 2. The van der Waals surface area contributed by atoms with Gasteiger partial charge in [0, 0.05) is 0 Å². The van der Waals surface area contributed by atoms with Crippen molar-refractivity contribution in [1.82, 2.24) is 4.90 Å². The van der Waals surface area contributed by atoms with E-state index in [2.05, 4.69) is 0 Å². The van der Waals surface area contributed by atoms with Crippen molar-refractivity contribution >= 4 is 17.8 Å². The highest BCUT2D eigenvalue weighted by atomic mass is 16.5. The molecule has 2 amide bonds. The predicted octanol–water partition coefficient (Wildman–Crippen LogP) is 0.542. The Hall–Kier alpha value is -1.43. The topological polar surface area (TPSA) is 89.7 Å². The molecule has 1 aliphatic heterocycles. The smallest absolute Gasteiger partial charge is 0.347 e. The highest BCUT2D eigenvalue weighted by Gasteiger charge is 2.51. The second-order valence-corrected chi connectivity index (χ2v) is 5.65. The van der Waals surface area contributed by atoms with E-state index < -0.39 is 23.4 Å². The molecule has 6 heteroatoms. The number of nitrogens with two attached hydrogens (primary N) is 1. The Labute approximate surface area is 112 Å². The quantitative estimate of drug-likeness (QED) is 0.458. The van der Waals surface area contributed by atoms with Gasteiger partial charge in [-0.05, 0) is 32.1 Å². The van der Waals surface area contributed by atoms with Gasteiger partial charge in [-0.1, -0.05) is 13.3 Å². The number of hydrogen-bond donors (Lipinski definition) is 1. The van der Waals surface area contributed by atoms with E-state index in [-0.39, 0.29) is 18.4 Å². The first-order chi connectivity index (χ1) is 8.84. The fourth-order valence-corrected chi connectivity index (χ4v) is 2.66. The summed E-state index contributed by atoms with van der Waals surface area (Å²) in [4.78, 5) is 35.6. The molecule has 1 saturated carbocycles. The van der Waals surface area contributed by atoms with Gasteiger partial charge in [-0.15, -0.1) is 0 Å². The molecule has 1 aliphatic carbocycles. The number of carbonyl (C=O) groups excluding carboxylic acids is 3. The summed E-state index contributed by atoms with van der Waals surface area (Å²) in [6.45, 7) is 3.38. The van der Waals surface area contributed by atoms with Crippen molar-refractivity contribution in [2.45, 2.75) is 57.7 Å². The molecule has 2 rings (SSSR count). The van der Waals surface area contributed by atoms with Crippen molar-refractivity contribution in [3.63, 3.8) is 0 Å². The lowest BCUT2D eigenvalue weighted by Crippen LogP contribution is -2.69. The molecule has 0 radical (unpaired) electrons. The zero-order valence-corrected chi connectivity index (χ0v) is 11.3. The minimum absolute atomic E-state index is 0.171. The Morgan fingerprint density at radius 2 is 1.89 bits per heavy atom. The number of rotatable bonds is 3. The van der Waals surface area contributed by atoms with E-state index in [4.69, 9.17) is 10.5 Å². The molecule has 106 valence electrons. The first kappa shape index (κ1) is 14.0. The Balaban J connectivity index is 2.02. The van der Waals surface area contributed by atoms with Crippen molar-refractivity contribution in [2.24, 2.45) is 11.7 Å². The minimum Gasteiger partial charge on any atom is -0.459 e. The maximum absolute atomic E-state index is 12.1. The van der Waals surface area contributed by atoms with Crippen LogP contribution in [0.2, 0.25) is 0 Å². The third-order valence-electron chi connectivity index (χ3n) is 3.97. The molecule has 0 bridgehead atoms. The molecule has 0 aromatic carbocycles. The van der Waals surface area contributed by atoms with Crippen LogP contribution >= 0.6 is 0 Å². The molecule has 0 aromatic rings. The summed E-state index contributed by atoms with van der Waals surface area (Å²) in [5.74, 6) is -1.27. The summed E-state index contributed by atoms with van der Waals surface area (Å²) < 4.78 is 5.41. The van der Waals surface area contributed by atoms with E-state index in [1.165, 1.54) is 6.92 Å². The maximum Gasteiger partial charge on any atom is 0.347 e. The van der Waals surface area contributed by atoms with Crippen LogP contribution in [0.25, 0.3) is 0 Å². The molecule has 2 aliphatic rings. The second kappa shape index (κ2) is 4.92. The minimum atomic E-state index is -1.69.